The first-order valence-electron chi connectivity index (χ1n) is 14.3. The van der Waals surface area contributed by atoms with Crippen LogP contribution in [-0.2, 0) is 6.42 Å². The molecule has 0 N–H and O–H groups in total. The lowest BCUT2D eigenvalue weighted by molar-refractivity contribution is 0.152. The van der Waals surface area contributed by atoms with Crippen molar-refractivity contribution in [3.05, 3.63) is 66.0 Å². The van der Waals surface area contributed by atoms with E-state index >= 15 is 4.39 Å². The zero-order valence-electron chi connectivity index (χ0n) is 22.0. The van der Waals surface area contributed by atoms with Crippen molar-refractivity contribution in [2.75, 3.05) is 6.61 Å². The monoisotopic (exact) mass is 476 g/mol. The molecule has 4 rings (SSSR count). The van der Waals surface area contributed by atoms with Gasteiger partial charge in [0.1, 0.15) is 18.2 Å². The van der Waals surface area contributed by atoms with E-state index < -0.39 is 0 Å². The summed E-state index contributed by atoms with van der Waals surface area (Å²) in [5.74, 6) is 4.24. The van der Waals surface area contributed by atoms with E-state index in [0.29, 0.717) is 12.0 Å². The van der Waals surface area contributed by atoms with Crippen LogP contribution in [0.1, 0.15) is 90.0 Å². The van der Waals surface area contributed by atoms with Crippen molar-refractivity contribution in [2.24, 2.45) is 23.7 Å². The van der Waals surface area contributed by atoms with Gasteiger partial charge in [-0.25, -0.2) is 4.39 Å². The lowest BCUT2D eigenvalue weighted by Gasteiger charge is -2.37. The summed E-state index contributed by atoms with van der Waals surface area (Å²) in [5, 5.41) is 1.63. The number of ether oxygens (including phenoxy) is 1. The van der Waals surface area contributed by atoms with Crippen LogP contribution in [-0.4, -0.2) is 6.61 Å². The van der Waals surface area contributed by atoms with Crippen LogP contribution < -0.4 is 4.74 Å². The SMILES string of the molecule is CC=CCOc1ccc2c(F)c(CCC3CCC(C4CCC(/C=C/CCC)CC4)CC3)ccc2c1. The number of halogens is 1. The van der Waals surface area contributed by atoms with Crippen LogP contribution in [0.5, 0.6) is 5.75 Å². The first-order valence-corrected chi connectivity index (χ1v) is 14.3. The van der Waals surface area contributed by atoms with Gasteiger partial charge in [0, 0.05) is 5.39 Å². The molecular formula is C33H45FO. The van der Waals surface area contributed by atoms with Gasteiger partial charge in [0.15, 0.2) is 0 Å². The zero-order valence-corrected chi connectivity index (χ0v) is 22.0. The molecule has 2 aliphatic rings. The number of benzene rings is 2. The summed E-state index contributed by atoms with van der Waals surface area (Å²) in [7, 11) is 0. The maximum Gasteiger partial charge on any atom is 0.134 e. The maximum absolute atomic E-state index is 15.2. The van der Waals surface area contributed by atoms with E-state index in [9.17, 15) is 0 Å². The maximum atomic E-state index is 15.2. The second-order valence-electron chi connectivity index (χ2n) is 11.0. The van der Waals surface area contributed by atoms with Gasteiger partial charge in [-0.1, -0.05) is 62.6 Å². The van der Waals surface area contributed by atoms with Gasteiger partial charge >= 0.3 is 0 Å². The van der Waals surface area contributed by atoms with Crippen LogP contribution in [0, 0.1) is 29.5 Å². The van der Waals surface area contributed by atoms with E-state index in [2.05, 4.69) is 25.1 Å². The average Bonchev–Trinajstić information content (AvgIpc) is 2.89. The summed E-state index contributed by atoms with van der Waals surface area (Å²) >= 11 is 0. The molecule has 0 aliphatic heterocycles. The Kier molecular flexibility index (Phi) is 9.86. The smallest absolute Gasteiger partial charge is 0.134 e. The summed E-state index contributed by atoms with van der Waals surface area (Å²) in [4.78, 5) is 0. The van der Waals surface area contributed by atoms with Gasteiger partial charge in [0.2, 0.25) is 0 Å². The predicted octanol–water partition coefficient (Wildman–Crippen LogP) is 9.84. The van der Waals surface area contributed by atoms with Crippen molar-refractivity contribution in [3.63, 3.8) is 0 Å². The van der Waals surface area contributed by atoms with Gasteiger partial charge in [-0.05, 0) is 118 Å². The molecular weight excluding hydrogens is 431 g/mol. The molecule has 2 heteroatoms. The number of rotatable bonds is 10. The fourth-order valence-corrected chi connectivity index (χ4v) is 6.41. The van der Waals surface area contributed by atoms with Gasteiger partial charge in [-0.15, -0.1) is 0 Å². The highest BCUT2D eigenvalue weighted by molar-refractivity contribution is 5.85. The minimum atomic E-state index is -0.0408. The van der Waals surface area contributed by atoms with Gasteiger partial charge in [0.05, 0.1) is 0 Å². The third-order valence-electron chi connectivity index (χ3n) is 8.65. The Bertz CT molecular complexity index is 974. The predicted molar refractivity (Wildman–Crippen MR) is 147 cm³/mol. The third kappa shape index (κ3) is 7.21. The summed E-state index contributed by atoms with van der Waals surface area (Å²) in [6.07, 6.45) is 24.4. The number of hydrogen-bond acceptors (Lipinski definition) is 1. The molecule has 0 bridgehead atoms. The molecule has 0 heterocycles. The van der Waals surface area contributed by atoms with Crippen molar-refractivity contribution in [1.29, 1.82) is 0 Å². The van der Waals surface area contributed by atoms with E-state index in [1.54, 1.807) is 0 Å². The second kappa shape index (κ2) is 13.3. The lowest BCUT2D eigenvalue weighted by atomic mass is 9.68. The topological polar surface area (TPSA) is 9.23 Å². The quantitative estimate of drug-likeness (QED) is 0.310. The normalized spacial score (nSPS) is 25.6. The Morgan fingerprint density at radius 1 is 0.914 bits per heavy atom. The summed E-state index contributed by atoms with van der Waals surface area (Å²) in [5.41, 5.74) is 0.872. The number of fused-ring (bicyclic) bond motifs is 1. The molecule has 190 valence electrons. The average molecular weight is 477 g/mol. The van der Waals surface area contributed by atoms with Crippen LogP contribution >= 0.6 is 0 Å². The van der Waals surface area contributed by atoms with Crippen molar-refractivity contribution >= 4 is 10.8 Å². The molecule has 0 saturated heterocycles. The standard InChI is InChI=1S/C33H45FO/c1-3-5-7-8-25-9-14-27(15-10-25)28-16-11-26(12-17-28)13-18-29-19-20-30-24-31(35-23-6-4-2)21-22-32(30)33(29)34/h4,6-8,19-22,24-28H,3,5,9-18,23H2,1-2H3/b6-4?,8-7+. The summed E-state index contributed by atoms with van der Waals surface area (Å²) < 4.78 is 21.0. The fraction of sp³-hybridized carbons (Fsp3) is 0.576. The van der Waals surface area contributed by atoms with Gasteiger partial charge in [0.25, 0.3) is 0 Å². The van der Waals surface area contributed by atoms with Crippen LogP contribution in [0.3, 0.4) is 0 Å². The summed E-state index contributed by atoms with van der Waals surface area (Å²) in [6.45, 7) is 4.78. The van der Waals surface area contributed by atoms with Crippen LogP contribution in [0.15, 0.2) is 54.6 Å². The molecule has 0 aromatic heterocycles. The Hall–Kier alpha value is -2.09. The van der Waals surface area contributed by atoms with E-state index in [-0.39, 0.29) is 5.82 Å². The highest BCUT2D eigenvalue weighted by Gasteiger charge is 2.30. The van der Waals surface area contributed by atoms with Crippen LogP contribution in [0.25, 0.3) is 10.8 Å². The first-order chi connectivity index (χ1) is 17.2. The van der Waals surface area contributed by atoms with Crippen LogP contribution in [0.2, 0.25) is 0 Å². The molecule has 2 saturated carbocycles. The van der Waals surface area contributed by atoms with Gasteiger partial charge in [-0.2, -0.15) is 0 Å². The number of hydrogen-bond donors (Lipinski definition) is 0. The van der Waals surface area contributed by atoms with Crippen molar-refractivity contribution in [3.8, 4) is 5.75 Å². The molecule has 2 aromatic carbocycles. The molecule has 0 amide bonds. The first kappa shape index (κ1) is 26.0. The minimum absolute atomic E-state index is 0.0408. The Labute approximate surface area is 212 Å². The zero-order chi connectivity index (χ0) is 24.5. The fourth-order valence-electron chi connectivity index (χ4n) is 6.41. The van der Waals surface area contributed by atoms with E-state index in [1.165, 1.54) is 64.2 Å². The molecule has 35 heavy (non-hydrogen) atoms. The Balaban J connectivity index is 1.23. The molecule has 0 unspecified atom stereocenters. The minimum Gasteiger partial charge on any atom is -0.490 e. The third-order valence-corrected chi connectivity index (χ3v) is 8.65. The number of aryl methyl sites for hydroxylation is 1. The molecule has 0 radical (unpaired) electrons. The molecule has 2 aliphatic carbocycles. The van der Waals surface area contributed by atoms with Crippen molar-refractivity contribution in [2.45, 2.75) is 90.9 Å². The lowest BCUT2D eigenvalue weighted by Crippen LogP contribution is -2.25. The largest absolute Gasteiger partial charge is 0.490 e. The van der Waals surface area contributed by atoms with Crippen molar-refractivity contribution < 1.29 is 9.13 Å². The molecule has 2 fully saturated rings. The van der Waals surface area contributed by atoms with Crippen molar-refractivity contribution in [1.82, 2.24) is 0 Å². The number of allylic oxidation sites excluding steroid dienone is 3. The van der Waals surface area contributed by atoms with Gasteiger partial charge < -0.3 is 4.74 Å². The Morgan fingerprint density at radius 3 is 2.37 bits per heavy atom. The number of unbranched alkanes of at least 4 members (excludes halogenated alkanes) is 1. The highest BCUT2D eigenvalue weighted by atomic mass is 19.1. The highest BCUT2D eigenvalue weighted by Crippen LogP contribution is 2.42. The second-order valence-corrected chi connectivity index (χ2v) is 11.0. The molecule has 1 nitrogen and oxygen atoms in total. The van der Waals surface area contributed by atoms with Crippen LogP contribution in [0.4, 0.5) is 4.39 Å². The molecule has 0 atom stereocenters. The molecule has 0 spiro atoms. The molecule has 2 aromatic rings. The Morgan fingerprint density at radius 2 is 1.66 bits per heavy atom. The summed E-state index contributed by atoms with van der Waals surface area (Å²) in [6, 6.07) is 9.75. The van der Waals surface area contributed by atoms with Gasteiger partial charge in [-0.3, -0.25) is 0 Å². The van der Waals surface area contributed by atoms with E-state index in [0.717, 1.165) is 53.2 Å². The van der Waals surface area contributed by atoms with E-state index in [1.807, 2.05) is 43.3 Å². The van der Waals surface area contributed by atoms with E-state index in [4.69, 9.17) is 4.74 Å².